The van der Waals surface area contributed by atoms with Crippen molar-refractivity contribution in [1.29, 1.82) is 0 Å². The van der Waals surface area contributed by atoms with Crippen LogP contribution in [0, 0.1) is 5.41 Å². The second-order valence-electron chi connectivity index (χ2n) is 5.60. The average molecular weight is 299 g/mol. The van der Waals surface area contributed by atoms with Gasteiger partial charge in [-0.25, -0.2) is 0 Å². The van der Waals surface area contributed by atoms with Gasteiger partial charge in [0, 0.05) is 25.0 Å². The summed E-state index contributed by atoms with van der Waals surface area (Å²) in [5.74, 6) is 0.0682. The molecule has 0 aliphatic heterocycles. The van der Waals surface area contributed by atoms with E-state index in [0.29, 0.717) is 5.16 Å². The fraction of sp³-hybridized carbons (Fsp3) is 0.769. The topological polar surface area (TPSA) is 77.2 Å². The zero-order valence-electron chi connectivity index (χ0n) is 12.3. The second-order valence-corrected chi connectivity index (χ2v) is 6.54. The van der Waals surface area contributed by atoms with E-state index in [4.69, 9.17) is 9.84 Å². The number of carboxylic acid groups (broad SMARTS) is 1. The number of carboxylic acids is 1. The number of methoxy groups -OCH3 is 1. The van der Waals surface area contributed by atoms with Gasteiger partial charge in [-0.2, -0.15) is 0 Å². The summed E-state index contributed by atoms with van der Waals surface area (Å²) in [6.45, 7) is 6.37. The van der Waals surface area contributed by atoms with E-state index in [9.17, 15) is 4.79 Å². The van der Waals surface area contributed by atoms with Gasteiger partial charge in [-0.05, 0) is 6.42 Å². The van der Waals surface area contributed by atoms with Crippen molar-refractivity contribution < 1.29 is 14.6 Å². The molecule has 0 spiro atoms. The summed E-state index contributed by atoms with van der Waals surface area (Å²) >= 11 is 1.23. The molecule has 0 radical (unpaired) electrons. The molecule has 2 rings (SSSR count). The highest BCUT2D eigenvalue weighted by Gasteiger charge is 2.50. The van der Waals surface area contributed by atoms with Gasteiger partial charge in [0.15, 0.2) is 5.16 Å². The van der Waals surface area contributed by atoms with Gasteiger partial charge in [-0.15, -0.1) is 10.2 Å². The number of hydrogen-bond donors (Lipinski definition) is 1. The Kier molecular flexibility index (Phi) is 4.39. The fourth-order valence-electron chi connectivity index (χ4n) is 2.79. The fourth-order valence-corrected chi connectivity index (χ4v) is 3.51. The molecule has 0 bridgehead atoms. The van der Waals surface area contributed by atoms with E-state index in [1.807, 2.05) is 6.92 Å². The van der Waals surface area contributed by atoms with Crippen LogP contribution in [-0.2, 0) is 16.0 Å². The molecule has 2 unspecified atom stereocenters. The summed E-state index contributed by atoms with van der Waals surface area (Å²) in [5, 5.41) is 17.9. The standard InChI is InChI=1S/C13H21N3O3S/c1-5-10-14-15-12(20-7-11(17)18)16(10)8-6-9(19-4)13(8,2)3/h8-9H,5-7H2,1-4H3,(H,17,18). The van der Waals surface area contributed by atoms with Crippen molar-refractivity contribution in [3.8, 4) is 0 Å². The number of rotatable bonds is 6. The lowest BCUT2D eigenvalue weighted by atomic mass is 9.64. The third-order valence-corrected chi connectivity index (χ3v) is 5.03. The molecule has 0 amide bonds. The number of ether oxygens (including phenoxy) is 1. The summed E-state index contributed by atoms with van der Waals surface area (Å²) in [6, 6.07) is 0.258. The molecule has 1 N–H and O–H groups in total. The molecule has 20 heavy (non-hydrogen) atoms. The number of aromatic nitrogens is 3. The highest BCUT2D eigenvalue weighted by atomic mass is 32.2. The predicted octanol–water partition coefficient (Wildman–Crippen LogP) is 2.00. The molecule has 6 nitrogen and oxygen atoms in total. The highest BCUT2D eigenvalue weighted by Crippen LogP contribution is 2.52. The SMILES string of the molecule is CCc1nnc(SCC(=O)O)n1C1CC(OC)C1(C)C. The molecule has 7 heteroatoms. The third-order valence-electron chi connectivity index (χ3n) is 4.10. The first-order valence-corrected chi connectivity index (χ1v) is 7.71. The number of nitrogens with zero attached hydrogens (tertiary/aromatic N) is 3. The molecule has 1 saturated carbocycles. The van der Waals surface area contributed by atoms with Crippen molar-refractivity contribution in [3.63, 3.8) is 0 Å². The second kappa shape index (κ2) is 5.73. The van der Waals surface area contributed by atoms with Crippen molar-refractivity contribution in [2.75, 3.05) is 12.9 Å². The molecular weight excluding hydrogens is 278 g/mol. The smallest absolute Gasteiger partial charge is 0.313 e. The van der Waals surface area contributed by atoms with Crippen LogP contribution in [0.2, 0.25) is 0 Å². The lowest BCUT2D eigenvalue weighted by Crippen LogP contribution is -2.51. The normalized spacial score (nSPS) is 24.4. The summed E-state index contributed by atoms with van der Waals surface area (Å²) in [5.41, 5.74) is -0.000413. The van der Waals surface area contributed by atoms with E-state index in [2.05, 4.69) is 28.6 Å². The minimum absolute atomic E-state index is 0.000413. The van der Waals surface area contributed by atoms with Crippen molar-refractivity contribution in [2.24, 2.45) is 5.41 Å². The zero-order chi connectivity index (χ0) is 14.9. The van der Waals surface area contributed by atoms with Gasteiger partial charge in [-0.3, -0.25) is 4.79 Å². The maximum Gasteiger partial charge on any atom is 0.313 e. The molecule has 1 aliphatic carbocycles. The van der Waals surface area contributed by atoms with Gasteiger partial charge in [0.2, 0.25) is 0 Å². The first-order valence-electron chi connectivity index (χ1n) is 6.73. The number of hydrogen-bond acceptors (Lipinski definition) is 5. The molecule has 1 aromatic rings. The lowest BCUT2D eigenvalue weighted by Gasteiger charge is -2.52. The number of thioether (sulfide) groups is 1. The molecule has 112 valence electrons. The van der Waals surface area contributed by atoms with E-state index in [0.717, 1.165) is 18.7 Å². The Hall–Kier alpha value is -1.08. The predicted molar refractivity (Wildman–Crippen MR) is 76.0 cm³/mol. The van der Waals surface area contributed by atoms with E-state index in [1.54, 1.807) is 7.11 Å². The largest absolute Gasteiger partial charge is 0.481 e. The van der Waals surface area contributed by atoms with Crippen LogP contribution in [0.4, 0.5) is 0 Å². The van der Waals surface area contributed by atoms with E-state index < -0.39 is 5.97 Å². The van der Waals surface area contributed by atoms with Gasteiger partial charge in [0.25, 0.3) is 0 Å². The Balaban J connectivity index is 2.26. The van der Waals surface area contributed by atoms with E-state index in [-0.39, 0.29) is 23.3 Å². The van der Waals surface area contributed by atoms with Crippen LogP contribution >= 0.6 is 11.8 Å². The van der Waals surface area contributed by atoms with Gasteiger partial charge < -0.3 is 14.4 Å². The monoisotopic (exact) mass is 299 g/mol. The highest BCUT2D eigenvalue weighted by molar-refractivity contribution is 7.99. The van der Waals surface area contributed by atoms with Gasteiger partial charge in [0.05, 0.1) is 11.9 Å². The number of aliphatic carboxylic acids is 1. The lowest BCUT2D eigenvalue weighted by molar-refractivity contribution is -0.133. The van der Waals surface area contributed by atoms with E-state index >= 15 is 0 Å². The van der Waals surface area contributed by atoms with Crippen molar-refractivity contribution in [2.45, 2.75) is 50.9 Å². The molecule has 0 aromatic carbocycles. The summed E-state index contributed by atoms with van der Waals surface area (Å²) in [6.07, 6.45) is 1.91. The average Bonchev–Trinajstić information content (AvgIpc) is 2.78. The molecule has 1 aromatic heterocycles. The van der Waals surface area contributed by atoms with Gasteiger partial charge in [0.1, 0.15) is 5.82 Å². The maximum atomic E-state index is 10.7. The minimum atomic E-state index is -0.842. The molecule has 2 atom stereocenters. The van der Waals surface area contributed by atoms with Crippen molar-refractivity contribution in [3.05, 3.63) is 5.82 Å². The van der Waals surface area contributed by atoms with Gasteiger partial charge >= 0.3 is 5.97 Å². The molecule has 1 aliphatic rings. The van der Waals surface area contributed by atoms with E-state index in [1.165, 1.54) is 11.8 Å². The Morgan fingerprint density at radius 3 is 2.75 bits per heavy atom. The van der Waals surface area contributed by atoms with Crippen molar-refractivity contribution >= 4 is 17.7 Å². The quantitative estimate of drug-likeness (QED) is 0.810. The van der Waals surface area contributed by atoms with Crippen LogP contribution in [-0.4, -0.2) is 44.8 Å². The molecule has 1 fully saturated rings. The van der Waals surface area contributed by atoms with Crippen LogP contribution in [0.1, 0.15) is 39.1 Å². The number of carbonyl (C=O) groups is 1. The number of aryl methyl sites for hydroxylation is 1. The molecular formula is C13H21N3O3S. The Bertz CT molecular complexity index is 501. The van der Waals surface area contributed by atoms with Crippen molar-refractivity contribution in [1.82, 2.24) is 14.8 Å². The summed E-state index contributed by atoms with van der Waals surface area (Å²) in [7, 11) is 1.73. The van der Waals surface area contributed by atoms with Gasteiger partial charge in [-0.1, -0.05) is 32.5 Å². The Labute approximate surface area is 122 Å². The molecule has 1 heterocycles. The zero-order valence-corrected chi connectivity index (χ0v) is 13.1. The Morgan fingerprint density at radius 1 is 1.55 bits per heavy atom. The van der Waals surface area contributed by atoms with Crippen LogP contribution in [0.5, 0.6) is 0 Å². The summed E-state index contributed by atoms with van der Waals surface area (Å²) in [4.78, 5) is 10.7. The first kappa shape index (κ1) is 15.3. The molecule has 0 saturated heterocycles. The van der Waals surface area contributed by atoms with Crippen LogP contribution in [0.15, 0.2) is 5.16 Å². The van der Waals surface area contributed by atoms with Crippen LogP contribution in [0.25, 0.3) is 0 Å². The Morgan fingerprint density at radius 2 is 2.25 bits per heavy atom. The maximum absolute atomic E-state index is 10.7. The van der Waals surface area contributed by atoms with Crippen LogP contribution < -0.4 is 0 Å². The van der Waals surface area contributed by atoms with Crippen LogP contribution in [0.3, 0.4) is 0 Å². The minimum Gasteiger partial charge on any atom is -0.481 e. The first-order chi connectivity index (χ1) is 9.41. The third kappa shape index (κ3) is 2.56. The summed E-state index contributed by atoms with van der Waals surface area (Å²) < 4.78 is 7.59.